The Hall–Kier alpha value is -3.62. The van der Waals surface area contributed by atoms with E-state index >= 15 is 0 Å². The molecule has 3 rings (SSSR count). The van der Waals surface area contributed by atoms with E-state index in [9.17, 15) is 0 Å². The van der Waals surface area contributed by atoms with Crippen molar-refractivity contribution in [3.05, 3.63) is 95.1 Å². The van der Waals surface area contributed by atoms with E-state index < -0.39 is 0 Å². The van der Waals surface area contributed by atoms with Crippen molar-refractivity contribution < 1.29 is 9.47 Å². The lowest BCUT2D eigenvalue weighted by molar-refractivity contribution is 0.322. The quantitative estimate of drug-likeness (QED) is 0.585. The Bertz CT molecular complexity index is 947. The van der Waals surface area contributed by atoms with Crippen molar-refractivity contribution in [1.29, 1.82) is 0 Å². The molecular weight excluding hydrogens is 344 g/mol. The molecular formula is C26H22O2. The smallest absolute Gasteiger partial charge is 0.138 e. The van der Waals surface area contributed by atoms with Crippen LogP contribution in [0.5, 0.6) is 11.5 Å². The number of benzene rings is 3. The van der Waals surface area contributed by atoms with Gasteiger partial charge in [0, 0.05) is 17.2 Å². The van der Waals surface area contributed by atoms with Gasteiger partial charge >= 0.3 is 0 Å². The topological polar surface area (TPSA) is 18.5 Å². The lowest BCUT2D eigenvalue weighted by Crippen LogP contribution is -2.00. The van der Waals surface area contributed by atoms with E-state index in [4.69, 9.17) is 9.47 Å². The van der Waals surface area contributed by atoms with Crippen LogP contribution in [0.25, 0.3) is 0 Å². The first-order valence-corrected chi connectivity index (χ1v) is 9.38. The Morgan fingerprint density at radius 1 is 0.571 bits per heavy atom. The second-order valence-corrected chi connectivity index (χ2v) is 5.94. The fourth-order valence-corrected chi connectivity index (χ4v) is 2.63. The number of rotatable bonds is 4. The first kappa shape index (κ1) is 19.2. The maximum absolute atomic E-state index is 5.80. The fourth-order valence-electron chi connectivity index (χ4n) is 2.63. The maximum Gasteiger partial charge on any atom is 0.138 e. The highest BCUT2D eigenvalue weighted by molar-refractivity contribution is 5.60. The molecule has 2 nitrogen and oxygen atoms in total. The third-order valence-electron chi connectivity index (χ3n) is 3.91. The van der Waals surface area contributed by atoms with Gasteiger partial charge in [0.2, 0.25) is 0 Å². The van der Waals surface area contributed by atoms with Gasteiger partial charge in [-0.3, -0.25) is 0 Å². The zero-order valence-corrected chi connectivity index (χ0v) is 16.2. The summed E-state index contributed by atoms with van der Waals surface area (Å²) in [6.07, 6.45) is 0. The zero-order valence-electron chi connectivity index (χ0n) is 16.2. The van der Waals surface area contributed by atoms with E-state index in [1.807, 2.05) is 86.6 Å². The van der Waals surface area contributed by atoms with Gasteiger partial charge in [-0.05, 0) is 44.2 Å². The molecule has 3 aromatic carbocycles. The monoisotopic (exact) mass is 366 g/mol. The minimum Gasteiger partial charge on any atom is -0.492 e. The molecule has 0 aliphatic rings. The lowest BCUT2D eigenvalue weighted by Gasteiger charge is -2.11. The summed E-state index contributed by atoms with van der Waals surface area (Å²) in [5.74, 6) is 14.3. The molecule has 28 heavy (non-hydrogen) atoms. The Balaban J connectivity index is 2.05. The molecule has 0 heterocycles. The van der Waals surface area contributed by atoms with Crippen molar-refractivity contribution in [3.63, 3.8) is 0 Å². The van der Waals surface area contributed by atoms with Crippen LogP contribution in [0.4, 0.5) is 0 Å². The number of ether oxygens (including phenoxy) is 2. The van der Waals surface area contributed by atoms with Crippen LogP contribution in [0.15, 0.2) is 72.8 Å². The molecule has 0 aliphatic carbocycles. The standard InChI is InChI=1S/C26H22O2/c1-3-27-25-20-26(28-4-2)24(18-16-22-13-9-6-10-14-22)19-23(25)17-15-21-11-7-5-8-12-21/h5-14,19-20H,3-4H2,1-2H3. The summed E-state index contributed by atoms with van der Waals surface area (Å²) in [5.41, 5.74) is 3.50. The van der Waals surface area contributed by atoms with Crippen molar-refractivity contribution in [1.82, 2.24) is 0 Å². The van der Waals surface area contributed by atoms with Gasteiger partial charge in [0.15, 0.2) is 0 Å². The summed E-state index contributed by atoms with van der Waals surface area (Å²) in [6.45, 7) is 5.02. The fraction of sp³-hybridized carbons (Fsp3) is 0.154. The molecule has 0 bridgehead atoms. The zero-order chi connectivity index (χ0) is 19.6. The normalized spacial score (nSPS) is 9.50. The minimum atomic E-state index is 0.556. The van der Waals surface area contributed by atoms with Crippen LogP contribution in [0.2, 0.25) is 0 Å². The van der Waals surface area contributed by atoms with Crippen LogP contribution in [-0.2, 0) is 0 Å². The highest BCUT2D eigenvalue weighted by Crippen LogP contribution is 2.29. The molecule has 0 atom stereocenters. The van der Waals surface area contributed by atoms with E-state index in [0.29, 0.717) is 24.7 Å². The average Bonchev–Trinajstić information content (AvgIpc) is 2.74. The van der Waals surface area contributed by atoms with Crippen LogP contribution in [-0.4, -0.2) is 13.2 Å². The molecule has 0 radical (unpaired) electrons. The van der Waals surface area contributed by atoms with Crippen molar-refractivity contribution in [2.45, 2.75) is 13.8 Å². The Morgan fingerprint density at radius 2 is 1.00 bits per heavy atom. The van der Waals surface area contributed by atoms with E-state index in [1.54, 1.807) is 0 Å². The molecule has 0 aromatic heterocycles. The molecule has 0 spiro atoms. The van der Waals surface area contributed by atoms with E-state index in [0.717, 1.165) is 22.3 Å². The third kappa shape index (κ3) is 5.19. The van der Waals surface area contributed by atoms with Crippen molar-refractivity contribution in [2.24, 2.45) is 0 Å². The third-order valence-corrected chi connectivity index (χ3v) is 3.91. The average molecular weight is 366 g/mol. The van der Waals surface area contributed by atoms with Crippen molar-refractivity contribution >= 4 is 0 Å². The molecule has 0 fully saturated rings. The molecule has 0 unspecified atom stereocenters. The summed E-state index contributed by atoms with van der Waals surface area (Å²) in [4.78, 5) is 0. The molecule has 0 aliphatic heterocycles. The Kier molecular flexibility index (Phi) is 6.78. The van der Waals surface area contributed by atoms with Crippen molar-refractivity contribution in [3.8, 4) is 35.2 Å². The van der Waals surface area contributed by atoms with E-state index in [-0.39, 0.29) is 0 Å². The minimum absolute atomic E-state index is 0.556. The maximum atomic E-state index is 5.80. The van der Waals surface area contributed by atoms with Crippen LogP contribution in [0, 0.1) is 23.7 Å². The largest absolute Gasteiger partial charge is 0.492 e. The van der Waals surface area contributed by atoms with Gasteiger partial charge in [-0.15, -0.1) is 0 Å². The molecule has 3 aromatic rings. The van der Waals surface area contributed by atoms with Gasteiger partial charge in [0.25, 0.3) is 0 Å². The number of hydrogen-bond acceptors (Lipinski definition) is 2. The Morgan fingerprint density at radius 3 is 1.39 bits per heavy atom. The second-order valence-electron chi connectivity index (χ2n) is 5.94. The molecule has 2 heteroatoms. The molecule has 138 valence electrons. The van der Waals surface area contributed by atoms with E-state index in [2.05, 4.69) is 23.7 Å². The van der Waals surface area contributed by atoms with Crippen LogP contribution < -0.4 is 9.47 Å². The Labute approximate surface area is 167 Å². The molecule has 0 amide bonds. The predicted molar refractivity (Wildman–Crippen MR) is 114 cm³/mol. The van der Waals surface area contributed by atoms with Gasteiger partial charge in [-0.2, -0.15) is 0 Å². The van der Waals surface area contributed by atoms with Gasteiger partial charge in [0.05, 0.1) is 24.3 Å². The van der Waals surface area contributed by atoms with Gasteiger partial charge in [0.1, 0.15) is 11.5 Å². The molecule has 0 saturated heterocycles. The first-order chi connectivity index (χ1) is 13.8. The summed E-state index contributed by atoms with van der Waals surface area (Å²) in [7, 11) is 0. The summed E-state index contributed by atoms with van der Waals surface area (Å²) < 4.78 is 11.6. The SMILES string of the molecule is CCOc1cc(OCC)c(C#Cc2ccccc2)cc1C#Cc1ccccc1. The van der Waals surface area contributed by atoms with Crippen molar-refractivity contribution in [2.75, 3.05) is 13.2 Å². The summed E-state index contributed by atoms with van der Waals surface area (Å²) in [6, 6.07) is 23.6. The number of hydrogen-bond donors (Lipinski definition) is 0. The van der Waals surface area contributed by atoms with E-state index in [1.165, 1.54) is 0 Å². The summed E-state index contributed by atoms with van der Waals surface area (Å²) in [5, 5.41) is 0. The lowest BCUT2D eigenvalue weighted by atomic mass is 10.1. The predicted octanol–water partition coefficient (Wildman–Crippen LogP) is 5.28. The first-order valence-electron chi connectivity index (χ1n) is 9.38. The van der Waals surface area contributed by atoms with Gasteiger partial charge in [-0.25, -0.2) is 0 Å². The molecule has 0 saturated carbocycles. The van der Waals surface area contributed by atoms with Gasteiger partial charge < -0.3 is 9.47 Å². The summed E-state index contributed by atoms with van der Waals surface area (Å²) >= 11 is 0. The molecule has 0 N–H and O–H groups in total. The second kappa shape index (κ2) is 9.91. The van der Waals surface area contributed by atoms with Crippen LogP contribution in [0.3, 0.4) is 0 Å². The van der Waals surface area contributed by atoms with Crippen LogP contribution >= 0.6 is 0 Å². The highest BCUT2D eigenvalue weighted by Gasteiger charge is 2.10. The highest BCUT2D eigenvalue weighted by atomic mass is 16.5. The van der Waals surface area contributed by atoms with Gasteiger partial charge in [-0.1, -0.05) is 60.1 Å². The van der Waals surface area contributed by atoms with Crippen LogP contribution in [0.1, 0.15) is 36.1 Å².